The van der Waals surface area contributed by atoms with Gasteiger partial charge in [-0.1, -0.05) is 17.3 Å². The second kappa shape index (κ2) is 9.97. The molecule has 1 aliphatic rings. The van der Waals surface area contributed by atoms with Crippen molar-refractivity contribution in [3.05, 3.63) is 47.5 Å². The molecule has 1 aliphatic heterocycles. The first-order valence-corrected chi connectivity index (χ1v) is 9.63. The van der Waals surface area contributed by atoms with Crippen LogP contribution in [0.5, 0.6) is 0 Å². The first-order chi connectivity index (χ1) is 14.4. The zero-order chi connectivity index (χ0) is 21.5. The maximum atomic E-state index is 13.2. The van der Waals surface area contributed by atoms with E-state index in [0.29, 0.717) is 43.3 Å². The van der Waals surface area contributed by atoms with Crippen LogP contribution in [0.1, 0.15) is 11.3 Å². The molecule has 0 spiro atoms. The third-order valence-electron chi connectivity index (χ3n) is 4.68. The van der Waals surface area contributed by atoms with Crippen molar-refractivity contribution in [2.45, 2.75) is 13.3 Å². The number of amides is 3. The maximum absolute atomic E-state index is 13.2. The Balaban J connectivity index is 1.35. The van der Waals surface area contributed by atoms with Gasteiger partial charge in [0.05, 0.1) is 19.5 Å². The van der Waals surface area contributed by atoms with Crippen LogP contribution in [0.4, 0.5) is 10.2 Å². The highest BCUT2D eigenvalue weighted by molar-refractivity contribution is 5.91. The van der Waals surface area contributed by atoms with Crippen LogP contribution in [0.2, 0.25) is 0 Å². The fourth-order valence-electron chi connectivity index (χ4n) is 3.15. The Morgan fingerprint density at radius 1 is 1.13 bits per heavy atom. The lowest BCUT2D eigenvalue weighted by atomic mass is 10.1. The topological polar surface area (TPSA) is 108 Å². The van der Waals surface area contributed by atoms with E-state index in [-0.39, 0.29) is 37.2 Å². The van der Waals surface area contributed by atoms with E-state index in [1.54, 1.807) is 24.0 Å². The number of carbonyl (C=O) groups is 3. The zero-order valence-corrected chi connectivity index (χ0v) is 16.7. The summed E-state index contributed by atoms with van der Waals surface area (Å²) in [5.41, 5.74) is 0.549. The molecule has 0 aliphatic carbocycles. The minimum absolute atomic E-state index is 0.0129. The summed E-state index contributed by atoms with van der Waals surface area (Å²) in [7, 11) is 0. The lowest BCUT2D eigenvalue weighted by Crippen LogP contribution is -2.52. The highest BCUT2D eigenvalue weighted by Crippen LogP contribution is 2.08. The molecule has 0 saturated carbocycles. The molecule has 3 rings (SSSR count). The van der Waals surface area contributed by atoms with Gasteiger partial charge in [-0.3, -0.25) is 19.3 Å². The minimum atomic E-state index is -0.404. The number of aryl methyl sites for hydroxylation is 1. The largest absolute Gasteiger partial charge is 0.360 e. The number of nitrogens with one attached hydrogen (secondary N) is 2. The predicted molar refractivity (Wildman–Crippen MR) is 106 cm³/mol. The molecule has 10 heteroatoms. The zero-order valence-electron chi connectivity index (χ0n) is 16.7. The summed E-state index contributed by atoms with van der Waals surface area (Å²) in [5, 5.41) is 8.96. The van der Waals surface area contributed by atoms with E-state index in [2.05, 4.69) is 15.8 Å². The van der Waals surface area contributed by atoms with Gasteiger partial charge in [-0.2, -0.15) is 0 Å². The summed E-state index contributed by atoms with van der Waals surface area (Å²) < 4.78 is 18.1. The van der Waals surface area contributed by atoms with Crippen LogP contribution >= 0.6 is 0 Å². The van der Waals surface area contributed by atoms with Crippen LogP contribution in [0.25, 0.3) is 0 Å². The second-order valence-electron chi connectivity index (χ2n) is 7.11. The first kappa shape index (κ1) is 21.4. The lowest BCUT2D eigenvalue weighted by molar-refractivity contribution is -0.134. The molecule has 0 bridgehead atoms. The summed E-state index contributed by atoms with van der Waals surface area (Å²) in [5.74, 6) is -0.148. The fourth-order valence-corrected chi connectivity index (χ4v) is 3.15. The molecule has 1 fully saturated rings. The van der Waals surface area contributed by atoms with Crippen molar-refractivity contribution in [3.8, 4) is 0 Å². The Labute approximate surface area is 173 Å². The lowest BCUT2D eigenvalue weighted by Gasteiger charge is -2.34. The predicted octanol–water partition coefficient (Wildman–Crippen LogP) is 0.564. The van der Waals surface area contributed by atoms with Gasteiger partial charge in [0.2, 0.25) is 17.7 Å². The third-order valence-corrected chi connectivity index (χ3v) is 4.68. The van der Waals surface area contributed by atoms with E-state index in [1.165, 1.54) is 18.2 Å². The molecule has 1 aromatic heterocycles. The van der Waals surface area contributed by atoms with Gasteiger partial charge >= 0.3 is 0 Å². The smallest absolute Gasteiger partial charge is 0.242 e. The summed E-state index contributed by atoms with van der Waals surface area (Å²) >= 11 is 0. The van der Waals surface area contributed by atoms with Gasteiger partial charge in [-0.25, -0.2) is 4.39 Å². The Hall–Kier alpha value is -3.27. The molecule has 3 amide bonds. The molecule has 9 nitrogen and oxygen atoms in total. The van der Waals surface area contributed by atoms with Crippen molar-refractivity contribution in [1.29, 1.82) is 0 Å². The quantitative estimate of drug-likeness (QED) is 0.682. The number of benzene rings is 1. The van der Waals surface area contributed by atoms with Crippen LogP contribution in [0, 0.1) is 12.7 Å². The maximum Gasteiger partial charge on any atom is 0.242 e. The van der Waals surface area contributed by atoms with Crippen molar-refractivity contribution in [2.24, 2.45) is 0 Å². The minimum Gasteiger partial charge on any atom is -0.360 e. The van der Waals surface area contributed by atoms with Crippen molar-refractivity contribution in [3.63, 3.8) is 0 Å². The van der Waals surface area contributed by atoms with Crippen LogP contribution in [0.3, 0.4) is 0 Å². The van der Waals surface area contributed by atoms with Crippen molar-refractivity contribution >= 4 is 23.5 Å². The molecule has 160 valence electrons. The molecule has 2 aromatic rings. The highest BCUT2D eigenvalue weighted by atomic mass is 19.1. The Bertz CT molecular complexity index is 908. The summed E-state index contributed by atoms with van der Waals surface area (Å²) in [6, 6.07) is 7.43. The molecule has 0 atom stereocenters. The normalized spacial score (nSPS) is 14.4. The van der Waals surface area contributed by atoms with Crippen LogP contribution in [-0.4, -0.2) is 71.9 Å². The Morgan fingerprint density at radius 2 is 1.90 bits per heavy atom. The van der Waals surface area contributed by atoms with Gasteiger partial charge in [-0.15, -0.1) is 0 Å². The molecule has 0 radical (unpaired) electrons. The van der Waals surface area contributed by atoms with Crippen molar-refractivity contribution < 1.29 is 23.3 Å². The average molecular weight is 417 g/mol. The number of halogens is 1. The van der Waals surface area contributed by atoms with Gasteiger partial charge in [0.1, 0.15) is 11.6 Å². The van der Waals surface area contributed by atoms with E-state index < -0.39 is 5.82 Å². The molecule has 2 N–H and O–H groups in total. The molecule has 1 saturated heterocycles. The Morgan fingerprint density at radius 3 is 2.57 bits per heavy atom. The molecule has 2 heterocycles. The van der Waals surface area contributed by atoms with Gasteiger partial charge in [-0.05, 0) is 24.6 Å². The van der Waals surface area contributed by atoms with E-state index >= 15 is 0 Å². The monoisotopic (exact) mass is 417 g/mol. The standard InChI is InChI=1S/C20H24FN5O4/c1-14-9-17(24-30-14)23-19(28)13-25-5-7-26(8-6-25)20(29)12-22-18(27)11-15-3-2-4-16(21)10-15/h2-4,9-10H,5-8,11-13H2,1H3,(H,22,27)(H,23,24,28). The number of hydrogen-bond acceptors (Lipinski definition) is 6. The molecular weight excluding hydrogens is 393 g/mol. The molecular formula is C20H24FN5O4. The summed E-state index contributed by atoms with van der Waals surface area (Å²) in [6.45, 7) is 3.85. The van der Waals surface area contributed by atoms with Gasteiger partial charge in [0.15, 0.2) is 5.82 Å². The Kier molecular flexibility index (Phi) is 7.12. The van der Waals surface area contributed by atoms with E-state index in [0.717, 1.165) is 0 Å². The van der Waals surface area contributed by atoms with Gasteiger partial charge in [0.25, 0.3) is 0 Å². The first-order valence-electron chi connectivity index (χ1n) is 9.63. The summed E-state index contributed by atoms with van der Waals surface area (Å²) in [6.07, 6.45) is 0.0129. The van der Waals surface area contributed by atoms with E-state index in [9.17, 15) is 18.8 Å². The highest BCUT2D eigenvalue weighted by Gasteiger charge is 2.23. The molecule has 1 aromatic carbocycles. The second-order valence-corrected chi connectivity index (χ2v) is 7.11. The SMILES string of the molecule is Cc1cc(NC(=O)CN2CCN(C(=O)CNC(=O)Cc3cccc(F)c3)CC2)no1. The van der Waals surface area contributed by atoms with E-state index in [4.69, 9.17) is 4.52 Å². The third kappa shape index (κ3) is 6.38. The van der Waals surface area contributed by atoms with E-state index in [1.807, 2.05) is 4.90 Å². The van der Waals surface area contributed by atoms with Crippen LogP contribution in [0.15, 0.2) is 34.9 Å². The number of nitrogens with zero attached hydrogens (tertiary/aromatic N) is 3. The number of anilines is 1. The van der Waals surface area contributed by atoms with Crippen molar-refractivity contribution in [2.75, 3.05) is 44.6 Å². The number of carbonyl (C=O) groups excluding carboxylic acids is 3. The molecule has 0 unspecified atom stereocenters. The van der Waals surface area contributed by atoms with Gasteiger partial charge < -0.3 is 20.1 Å². The van der Waals surface area contributed by atoms with Crippen LogP contribution < -0.4 is 10.6 Å². The number of piperazine rings is 1. The average Bonchev–Trinajstić information content (AvgIpc) is 3.11. The fraction of sp³-hybridized carbons (Fsp3) is 0.400. The summed E-state index contributed by atoms with van der Waals surface area (Å²) in [4.78, 5) is 39.9. The molecule has 30 heavy (non-hydrogen) atoms. The van der Waals surface area contributed by atoms with Crippen LogP contribution in [-0.2, 0) is 20.8 Å². The van der Waals surface area contributed by atoms with Gasteiger partial charge in [0, 0.05) is 32.2 Å². The van der Waals surface area contributed by atoms with Crippen molar-refractivity contribution in [1.82, 2.24) is 20.3 Å². The number of hydrogen-bond donors (Lipinski definition) is 2. The number of aromatic nitrogens is 1. The number of rotatable bonds is 7.